The number of piperidine rings is 1. The molecule has 0 aliphatic carbocycles. The van der Waals surface area contributed by atoms with Crippen LogP contribution in [0.5, 0.6) is 0 Å². The van der Waals surface area contributed by atoms with Crippen molar-refractivity contribution >= 4 is 16.0 Å². The molecular formula is C22H30N4O2S. The number of rotatable bonds is 6. The predicted molar refractivity (Wildman–Crippen MR) is 117 cm³/mol. The van der Waals surface area contributed by atoms with Gasteiger partial charge in [-0.1, -0.05) is 48.9 Å². The Kier molecular flexibility index (Phi) is 7.28. The summed E-state index contributed by atoms with van der Waals surface area (Å²) in [5.74, 6) is 0.672. The summed E-state index contributed by atoms with van der Waals surface area (Å²) in [6, 6.07) is 17.4. The molecule has 1 heterocycles. The summed E-state index contributed by atoms with van der Waals surface area (Å²) in [5.41, 5.74) is 2.07. The zero-order chi connectivity index (χ0) is 20.7. The Hall–Kier alpha value is -2.38. The van der Waals surface area contributed by atoms with Crippen molar-refractivity contribution in [3.8, 4) is 0 Å². The summed E-state index contributed by atoms with van der Waals surface area (Å²) in [6.07, 6.45) is 2.97. The van der Waals surface area contributed by atoms with Crippen LogP contribution in [0.3, 0.4) is 0 Å². The van der Waals surface area contributed by atoms with Gasteiger partial charge in [0, 0.05) is 26.7 Å². The van der Waals surface area contributed by atoms with Crippen LogP contribution in [0.25, 0.3) is 0 Å². The van der Waals surface area contributed by atoms with E-state index in [-0.39, 0.29) is 6.04 Å². The van der Waals surface area contributed by atoms with Crippen LogP contribution in [0.1, 0.15) is 43.4 Å². The lowest BCUT2D eigenvalue weighted by molar-refractivity contribution is 0.346. The van der Waals surface area contributed by atoms with E-state index in [1.807, 2.05) is 24.3 Å². The molecule has 1 fully saturated rings. The largest absolute Gasteiger partial charge is 0.352 e. The lowest BCUT2D eigenvalue weighted by Crippen LogP contribution is -2.38. The first kappa shape index (κ1) is 21.3. The first-order valence-corrected chi connectivity index (χ1v) is 11.6. The number of aliphatic imine (C=N–C) groups is 1. The number of hydrogen-bond donors (Lipinski definition) is 2. The Bertz CT molecular complexity index is 923. The third kappa shape index (κ3) is 5.58. The maximum atomic E-state index is 12.9. The standard InChI is InChI=1S/C22H30N4O2S/c1-18(20-11-5-3-6-12-20)25-22(23-2)24-17-19-10-9-13-21(16-19)29(27,28)26-14-7-4-8-15-26/h3,5-6,9-13,16,18H,4,7-8,14-15,17H2,1-2H3,(H2,23,24,25). The third-order valence-electron chi connectivity index (χ3n) is 5.19. The fourth-order valence-corrected chi connectivity index (χ4v) is 5.07. The van der Waals surface area contributed by atoms with Gasteiger partial charge < -0.3 is 10.6 Å². The van der Waals surface area contributed by atoms with Crippen molar-refractivity contribution in [1.82, 2.24) is 14.9 Å². The number of benzene rings is 2. The molecule has 0 bridgehead atoms. The highest BCUT2D eigenvalue weighted by molar-refractivity contribution is 7.89. The van der Waals surface area contributed by atoms with E-state index in [2.05, 4.69) is 34.7 Å². The van der Waals surface area contributed by atoms with E-state index in [0.29, 0.717) is 30.5 Å². The summed E-state index contributed by atoms with van der Waals surface area (Å²) in [5, 5.41) is 6.64. The minimum Gasteiger partial charge on any atom is -0.352 e. The molecule has 1 unspecified atom stereocenters. The van der Waals surface area contributed by atoms with Crippen molar-refractivity contribution in [1.29, 1.82) is 0 Å². The second-order valence-corrected chi connectivity index (χ2v) is 9.25. The van der Waals surface area contributed by atoms with E-state index in [1.165, 1.54) is 5.56 Å². The van der Waals surface area contributed by atoms with Crippen molar-refractivity contribution in [2.24, 2.45) is 4.99 Å². The first-order chi connectivity index (χ1) is 14.0. The summed E-state index contributed by atoms with van der Waals surface area (Å²) >= 11 is 0. The molecule has 2 aromatic carbocycles. The van der Waals surface area contributed by atoms with Crippen molar-refractivity contribution in [3.63, 3.8) is 0 Å². The molecule has 0 radical (unpaired) electrons. The second kappa shape index (κ2) is 9.89. The SMILES string of the molecule is CN=C(NCc1cccc(S(=O)(=O)N2CCCCC2)c1)NC(C)c1ccccc1. The highest BCUT2D eigenvalue weighted by Gasteiger charge is 2.25. The molecule has 156 valence electrons. The van der Waals surface area contributed by atoms with Crippen molar-refractivity contribution in [2.75, 3.05) is 20.1 Å². The first-order valence-electron chi connectivity index (χ1n) is 10.1. The second-order valence-electron chi connectivity index (χ2n) is 7.31. The Balaban J connectivity index is 1.63. The molecule has 0 spiro atoms. The van der Waals surface area contributed by atoms with Gasteiger partial charge in [0.2, 0.25) is 10.0 Å². The van der Waals surface area contributed by atoms with Gasteiger partial charge in [-0.2, -0.15) is 4.31 Å². The van der Waals surface area contributed by atoms with Gasteiger partial charge in [-0.05, 0) is 43.0 Å². The van der Waals surface area contributed by atoms with E-state index in [4.69, 9.17) is 0 Å². The van der Waals surface area contributed by atoms with Crippen LogP contribution in [-0.4, -0.2) is 38.8 Å². The summed E-state index contributed by atoms with van der Waals surface area (Å²) in [7, 11) is -1.70. The molecule has 2 aromatic rings. The molecule has 3 rings (SSSR count). The Morgan fingerprint density at radius 1 is 1.07 bits per heavy atom. The molecule has 1 saturated heterocycles. The van der Waals surface area contributed by atoms with Gasteiger partial charge in [0.1, 0.15) is 0 Å². The maximum Gasteiger partial charge on any atom is 0.243 e. The van der Waals surface area contributed by atoms with Crippen LogP contribution >= 0.6 is 0 Å². The smallest absolute Gasteiger partial charge is 0.243 e. The zero-order valence-electron chi connectivity index (χ0n) is 17.1. The molecule has 6 nitrogen and oxygen atoms in total. The topological polar surface area (TPSA) is 73.8 Å². The van der Waals surface area contributed by atoms with E-state index in [0.717, 1.165) is 24.8 Å². The Labute approximate surface area is 174 Å². The van der Waals surface area contributed by atoms with Gasteiger partial charge in [0.15, 0.2) is 5.96 Å². The number of sulfonamides is 1. The minimum absolute atomic E-state index is 0.105. The lowest BCUT2D eigenvalue weighted by atomic mass is 10.1. The van der Waals surface area contributed by atoms with Crippen LogP contribution in [-0.2, 0) is 16.6 Å². The number of guanidine groups is 1. The number of nitrogens with zero attached hydrogens (tertiary/aromatic N) is 2. The average Bonchev–Trinajstić information content (AvgIpc) is 2.78. The molecule has 0 aromatic heterocycles. The fourth-order valence-electron chi connectivity index (χ4n) is 3.48. The molecule has 7 heteroatoms. The Morgan fingerprint density at radius 2 is 1.79 bits per heavy atom. The zero-order valence-corrected chi connectivity index (χ0v) is 18.0. The van der Waals surface area contributed by atoms with Gasteiger partial charge >= 0.3 is 0 Å². The summed E-state index contributed by atoms with van der Waals surface area (Å²) in [4.78, 5) is 4.64. The highest BCUT2D eigenvalue weighted by Crippen LogP contribution is 2.21. The summed E-state index contributed by atoms with van der Waals surface area (Å²) in [6.45, 7) is 3.79. The van der Waals surface area contributed by atoms with Gasteiger partial charge in [-0.3, -0.25) is 4.99 Å². The van der Waals surface area contributed by atoms with Crippen molar-refractivity contribution < 1.29 is 8.42 Å². The molecule has 29 heavy (non-hydrogen) atoms. The van der Waals surface area contributed by atoms with E-state index < -0.39 is 10.0 Å². The van der Waals surface area contributed by atoms with Crippen LogP contribution in [0.2, 0.25) is 0 Å². The van der Waals surface area contributed by atoms with Gasteiger partial charge in [-0.25, -0.2) is 8.42 Å². The van der Waals surface area contributed by atoms with Gasteiger partial charge in [0.05, 0.1) is 10.9 Å². The van der Waals surface area contributed by atoms with Crippen LogP contribution in [0, 0.1) is 0 Å². The highest BCUT2D eigenvalue weighted by atomic mass is 32.2. The van der Waals surface area contributed by atoms with Crippen LogP contribution in [0.4, 0.5) is 0 Å². The molecule has 1 aliphatic rings. The van der Waals surface area contributed by atoms with Crippen LogP contribution < -0.4 is 10.6 Å². The maximum absolute atomic E-state index is 12.9. The summed E-state index contributed by atoms with van der Waals surface area (Å²) < 4.78 is 27.4. The average molecular weight is 415 g/mol. The van der Waals surface area contributed by atoms with Crippen molar-refractivity contribution in [2.45, 2.75) is 43.7 Å². The van der Waals surface area contributed by atoms with Crippen molar-refractivity contribution in [3.05, 3.63) is 65.7 Å². The van der Waals surface area contributed by atoms with Gasteiger partial charge in [-0.15, -0.1) is 0 Å². The molecule has 0 saturated carbocycles. The third-order valence-corrected chi connectivity index (χ3v) is 7.08. The fraction of sp³-hybridized carbons (Fsp3) is 0.409. The molecule has 0 amide bonds. The lowest BCUT2D eigenvalue weighted by Gasteiger charge is -2.26. The molecule has 1 atom stereocenters. The van der Waals surface area contributed by atoms with Gasteiger partial charge in [0.25, 0.3) is 0 Å². The molecule has 2 N–H and O–H groups in total. The quantitative estimate of drug-likeness (QED) is 0.562. The monoisotopic (exact) mass is 414 g/mol. The number of hydrogen-bond acceptors (Lipinski definition) is 3. The predicted octanol–water partition coefficient (Wildman–Crippen LogP) is 3.29. The molecular weight excluding hydrogens is 384 g/mol. The minimum atomic E-state index is -3.42. The molecule has 1 aliphatic heterocycles. The number of nitrogens with one attached hydrogen (secondary N) is 2. The Morgan fingerprint density at radius 3 is 2.48 bits per heavy atom. The van der Waals surface area contributed by atoms with Crippen LogP contribution in [0.15, 0.2) is 64.5 Å². The van der Waals surface area contributed by atoms with E-state index in [1.54, 1.807) is 29.6 Å². The van der Waals surface area contributed by atoms with E-state index in [9.17, 15) is 8.42 Å². The van der Waals surface area contributed by atoms with E-state index >= 15 is 0 Å². The normalized spacial score (nSPS) is 17.0.